The lowest BCUT2D eigenvalue weighted by atomic mass is 10.1. The van der Waals surface area contributed by atoms with E-state index < -0.39 is 6.04 Å². The van der Waals surface area contributed by atoms with Crippen LogP contribution in [0.3, 0.4) is 0 Å². The molecule has 2 aromatic rings. The second-order valence-electron chi connectivity index (χ2n) is 5.32. The van der Waals surface area contributed by atoms with Gasteiger partial charge in [-0.2, -0.15) is 5.10 Å². The molecule has 134 valence electrons. The summed E-state index contributed by atoms with van der Waals surface area (Å²) >= 11 is 6.19. The quantitative estimate of drug-likeness (QED) is 0.744. The molecule has 0 bridgehead atoms. The number of benzene rings is 1. The Balaban J connectivity index is 0.00000225. The number of halogens is 2. The second-order valence-corrected chi connectivity index (χ2v) is 5.73. The number of carbonyl (C=O) groups is 2. The molecule has 0 fully saturated rings. The van der Waals surface area contributed by atoms with E-state index in [-0.39, 0.29) is 30.8 Å². The van der Waals surface area contributed by atoms with E-state index in [0.717, 1.165) is 5.56 Å². The lowest BCUT2D eigenvalue weighted by molar-refractivity contribution is -0.119. The molecule has 1 aromatic carbocycles. The number of ether oxygens (including phenoxy) is 1. The fourth-order valence-electron chi connectivity index (χ4n) is 2.44. The van der Waals surface area contributed by atoms with Crippen molar-refractivity contribution in [3.63, 3.8) is 0 Å². The Bertz CT molecular complexity index is 808. The van der Waals surface area contributed by atoms with E-state index in [1.165, 1.54) is 0 Å². The molecular formula is C15H17Cl2N5O3. The highest BCUT2D eigenvalue weighted by Gasteiger charge is 2.23. The summed E-state index contributed by atoms with van der Waals surface area (Å²) in [5.74, 6) is -0.0777. The Kier molecular flexibility index (Phi) is 5.89. The number of amides is 2. The third-order valence-corrected chi connectivity index (χ3v) is 3.88. The van der Waals surface area contributed by atoms with E-state index >= 15 is 0 Å². The van der Waals surface area contributed by atoms with Crippen molar-refractivity contribution >= 4 is 47.2 Å². The Morgan fingerprint density at radius 3 is 2.88 bits per heavy atom. The Morgan fingerprint density at radius 2 is 2.24 bits per heavy atom. The van der Waals surface area contributed by atoms with Crippen molar-refractivity contribution in [2.24, 2.45) is 7.05 Å². The van der Waals surface area contributed by atoms with Crippen LogP contribution in [0.25, 0.3) is 0 Å². The standard InChI is InChI=1S/C15H16ClN5O3.ClH/c1-17-14(8-5-18-21(2)6-8)15(23)20-10-4-12-11(3-9(10)16)19-13(22)7-24-12;/h3-6,14,17H,7H2,1-2H3,(H,19,22)(H,20,23);1H. The predicted octanol–water partition coefficient (Wildman–Crippen LogP) is 1.73. The van der Waals surface area contributed by atoms with Gasteiger partial charge in [-0.25, -0.2) is 0 Å². The maximum atomic E-state index is 12.5. The van der Waals surface area contributed by atoms with E-state index in [2.05, 4.69) is 21.0 Å². The molecule has 1 unspecified atom stereocenters. The molecule has 10 heteroatoms. The molecule has 25 heavy (non-hydrogen) atoms. The van der Waals surface area contributed by atoms with Crippen molar-refractivity contribution in [3.05, 3.63) is 35.1 Å². The van der Waals surface area contributed by atoms with Crippen LogP contribution < -0.4 is 20.7 Å². The number of aromatic nitrogens is 2. The van der Waals surface area contributed by atoms with Crippen LogP contribution in [0, 0.1) is 0 Å². The fraction of sp³-hybridized carbons (Fsp3) is 0.267. The molecule has 0 radical (unpaired) electrons. The normalized spacial score (nSPS) is 13.8. The average Bonchev–Trinajstić information content (AvgIpc) is 2.95. The number of nitrogens with zero attached hydrogens (tertiary/aromatic N) is 2. The van der Waals surface area contributed by atoms with E-state index in [9.17, 15) is 9.59 Å². The first-order chi connectivity index (χ1) is 11.5. The van der Waals surface area contributed by atoms with E-state index in [1.807, 2.05) is 0 Å². The molecule has 0 spiro atoms. The van der Waals surface area contributed by atoms with Gasteiger partial charge in [-0.3, -0.25) is 14.3 Å². The number of fused-ring (bicyclic) bond motifs is 1. The molecule has 0 saturated heterocycles. The molecule has 0 aliphatic carbocycles. The molecule has 1 atom stereocenters. The molecule has 3 N–H and O–H groups in total. The zero-order chi connectivity index (χ0) is 17.3. The zero-order valence-electron chi connectivity index (χ0n) is 13.5. The summed E-state index contributed by atoms with van der Waals surface area (Å²) in [4.78, 5) is 23.9. The van der Waals surface area contributed by atoms with Gasteiger partial charge in [0.05, 0.1) is 22.6 Å². The van der Waals surface area contributed by atoms with Gasteiger partial charge in [0.25, 0.3) is 5.91 Å². The van der Waals surface area contributed by atoms with Gasteiger partial charge in [0.2, 0.25) is 5.91 Å². The minimum Gasteiger partial charge on any atom is -0.482 e. The van der Waals surface area contributed by atoms with Crippen molar-refractivity contribution in [1.29, 1.82) is 0 Å². The van der Waals surface area contributed by atoms with Crippen molar-refractivity contribution in [3.8, 4) is 5.75 Å². The predicted molar refractivity (Wildman–Crippen MR) is 96.5 cm³/mol. The van der Waals surface area contributed by atoms with Crippen LogP contribution in [0.1, 0.15) is 11.6 Å². The van der Waals surface area contributed by atoms with Gasteiger partial charge < -0.3 is 20.7 Å². The first-order valence-electron chi connectivity index (χ1n) is 7.21. The maximum Gasteiger partial charge on any atom is 0.262 e. The van der Waals surface area contributed by atoms with Gasteiger partial charge in [-0.05, 0) is 13.1 Å². The smallest absolute Gasteiger partial charge is 0.262 e. The molecule has 1 aromatic heterocycles. The van der Waals surface area contributed by atoms with E-state index in [1.54, 1.807) is 43.3 Å². The molecule has 0 saturated carbocycles. The van der Waals surface area contributed by atoms with E-state index in [4.69, 9.17) is 16.3 Å². The first-order valence-corrected chi connectivity index (χ1v) is 7.58. The van der Waals surface area contributed by atoms with Gasteiger partial charge in [0.15, 0.2) is 6.61 Å². The summed E-state index contributed by atoms with van der Waals surface area (Å²) in [5, 5.41) is 12.7. The molecule has 1 aliphatic rings. The summed E-state index contributed by atoms with van der Waals surface area (Å²) < 4.78 is 6.96. The van der Waals surface area contributed by atoms with Crippen LogP contribution in [-0.4, -0.2) is 35.2 Å². The monoisotopic (exact) mass is 385 g/mol. The third-order valence-electron chi connectivity index (χ3n) is 3.57. The Hall–Kier alpha value is -2.29. The topological polar surface area (TPSA) is 97.3 Å². The van der Waals surface area contributed by atoms with Crippen molar-refractivity contribution in [2.45, 2.75) is 6.04 Å². The summed E-state index contributed by atoms with van der Waals surface area (Å²) in [6.07, 6.45) is 3.38. The molecule has 3 rings (SSSR count). The number of nitrogens with one attached hydrogen (secondary N) is 3. The minimum absolute atomic E-state index is 0. The number of likely N-dealkylation sites (N-methyl/N-ethyl adjacent to an activating group) is 1. The highest BCUT2D eigenvalue weighted by atomic mass is 35.5. The van der Waals surface area contributed by atoms with Crippen LogP contribution in [0.2, 0.25) is 5.02 Å². The van der Waals surface area contributed by atoms with Crippen LogP contribution in [-0.2, 0) is 16.6 Å². The minimum atomic E-state index is -0.577. The number of anilines is 2. The number of aryl methyl sites for hydroxylation is 1. The lowest BCUT2D eigenvalue weighted by Crippen LogP contribution is -2.30. The lowest BCUT2D eigenvalue weighted by Gasteiger charge is -2.20. The summed E-state index contributed by atoms with van der Waals surface area (Å²) in [6.45, 7) is -0.0726. The average molecular weight is 386 g/mol. The first kappa shape index (κ1) is 19.0. The van der Waals surface area contributed by atoms with Gasteiger partial charge in [0.1, 0.15) is 11.8 Å². The van der Waals surface area contributed by atoms with Crippen LogP contribution in [0.15, 0.2) is 24.5 Å². The Morgan fingerprint density at radius 1 is 1.48 bits per heavy atom. The maximum absolute atomic E-state index is 12.5. The molecule has 2 heterocycles. The summed E-state index contributed by atoms with van der Waals surface area (Å²) in [6, 6.07) is 2.55. The van der Waals surface area contributed by atoms with Gasteiger partial charge >= 0.3 is 0 Å². The van der Waals surface area contributed by atoms with Crippen molar-refractivity contribution in [1.82, 2.24) is 15.1 Å². The number of hydrogen-bond acceptors (Lipinski definition) is 5. The fourth-order valence-corrected chi connectivity index (χ4v) is 2.65. The van der Waals surface area contributed by atoms with Crippen molar-refractivity contribution < 1.29 is 14.3 Å². The number of rotatable bonds is 4. The number of carbonyl (C=O) groups excluding carboxylic acids is 2. The van der Waals surface area contributed by atoms with Crippen LogP contribution in [0.5, 0.6) is 5.75 Å². The number of hydrogen-bond donors (Lipinski definition) is 3. The second kappa shape index (κ2) is 7.73. The third kappa shape index (κ3) is 4.04. The van der Waals surface area contributed by atoms with Gasteiger partial charge in [-0.15, -0.1) is 12.4 Å². The largest absolute Gasteiger partial charge is 0.482 e. The van der Waals surface area contributed by atoms with E-state index in [0.29, 0.717) is 22.1 Å². The van der Waals surface area contributed by atoms with Crippen LogP contribution in [0.4, 0.5) is 11.4 Å². The summed E-state index contributed by atoms with van der Waals surface area (Å²) in [7, 11) is 3.46. The summed E-state index contributed by atoms with van der Waals surface area (Å²) in [5.41, 5.74) is 1.61. The van der Waals surface area contributed by atoms with Gasteiger partial charge in [-0.1, -0.05) is 11.6 Å². The SMILES string of the molecule is CNC(C(=O)Nc1cc2c(cc1Cl)NC(=O)CO2)c1cnn(C)c1.Cl. The highest BCUT2D eigenvalue weighted by molar-refractivity contribution is 6.34. The molecular weight excluding hydrogens is 369 g/mol. The van der Waals surface area contributed by atoms with Gasteiger partial charge in [0, 0.05) is 24.9 Å². The molecule has 8 nitrogen and oxygen atoms in total. The molecule has 2 amide bonds. The Labute approximate surface area is 155 Å². The molecule has 1 aliphatic heterocycles. The highest BCUT2D eigenvalue weighted by Crippen LogP contribution is 2.36. The van der Waals surface area contributed by atoms with Crippen molar-refractivity contribution in [2.75, 3.05) is 24.3 Å². The zero-order valence-corrected chi connectivity index (χ0v) is 15.1. The van der Waals surface area contributed by atoms with Crippen LogP contribution >= 0.6 is 24.0 Å².